The molecule has 7 nitrogen and oxygen atoms in total. The number of anilines is 2. The Bertz CT molecular complexity index is 1170. The van der Waals surface area contributed by atoms with Crippen molar-refractivity contribution in [1.29, 1.82) is 0 Å². The molecule has 1 saturated carbocycles. The zero-order valence-corrected chi connectivity index (χ0v) is 18.4. The number of hydrogen-bond donors (Lipinski definition) is 1. The molecule has 2 aliphatic rings. The Morgan fingerprint density at radius 1 is 1.15 bits per heavy atom. The highest BCUT2D eigenvalue weighted by Gasteiger charge is 2.43. The van der Waals surface area contributed by atoms with Crippen molar-refractivity contribution in [2.75, 3.05) is 29.9 Å². The number of nitrogens with zero attached hydrogens (tertiary/aromatic N) is 5. The Kier molecular flexibility index (Phi) is 5.86. The minimum absolute atomic E-state index is 0.000836. The van der Waals surface area contributed by atoms with Gasteiger partial charge in [0.05, 0.1) is 0 Å². The molecule has 5 rings (SSSR count). The summed E-state index contributed by atoms with van der Waals surface area (Å²) in [5.41, 5.74) is -0.370. The maximum Gasteiger partial charge on any atom is 0.433 e. The smallest absolute Gasteiger partial charge is 0.433 e. The lowest BCUT2D eigenvalue weighted by molar-refractivity contribution is -0.142. The van der Waals surface area contributed by atoms with Crippen LogP contribution in [-0.4, -0.2) is 51.7 Å². The fraction of sp³-hybridized carbons (Fsp3) is 0.476. The van der Waals surface area contributed by atoms with E-state index in [1.165, 1.54) is 0 Å². The third-order valence-electron chi connectivity index (χ3n) is 6.31. The van der Waals surface area contributed by atoms with Gasteiger partial charge in [-0.05, 0) is 48.9 Å². The van der Waals surface area contributed by atoms with Gasteiger partial charge in [0, 0.05) is 31.0 Å². The van der Waals surface area contributed by atoms with Gasteiger partial charge in [-0.25, -0.2) is 18.3 Å². The molecule has 4 heterocycles. The number of rotatable bonds is 6. The van der Waals surface area contributed by atoms with Crippen LogP contribution in [0.4, 0.5) is 33.6 Å². The van der Waals surface area contributed by atoms with Crippen LogP contribution in [0, 0.1) is 11.8 Å². The molecule has 3 aromatic rings. The van der Waals surface area contributed by atoms with Gasteiger partial charge in [0.25, 0.3) is 6.43 Å². The van der Waals surface area contributed by atoms with E-state index in [1.54, 1.807) is 12.3 Å². The van der Waals surface area contributed by atoms with Crippen LogP contribution in [-0.2, 0) is 6.18 Å². The predicted octanol–water partition coefficient (Wildman–Crippen LogP) is 4.77. The van der Waals surface area contributed by atoms with E-state index in [-0.39, 0.29) is 35.2 Å². The largest absolute Gasteiger partial charge is 0.484 e. The molecule has 2 fully saturated rings. The van der Waals surface area contributed by atoms with Crippen molar-refractivity contribution in [3.63, 3.8) is 0 Å². The zero-order valence-electron chi connectivity index (χ0n) is 17.6. The van der Waals surface area contributed by atoms with E-state index in [0.29, 0.717) is 9.67 Å². The minimum Gasteiger partial charge on any atom is -0.484 e. The van der Waals surface area contributed by atoms with Crippen molar-refractivity contribution in [3.05, 3.63) is 41.3 Å². The highest BCUT2D eigenvalue weighted by atomic mass is 35.5. The van der Waals surface area contributed by atoms with E-state index < -0.39 is 24.9 Å². The lowest BCUT2D eigenvalue weighted by atomic mass is 9.92. The molecule has 2 atom stereocenters. The molecule has 2 bridgehead atoms. The molecule has 2 unspecified atom stereocenters. The maximum absolute atomic E-state index is 13.5. The summed E-state index contributed by atoms with van der Waals surface area (Å²) in [6.07, 6.45) is -3.95. The number of piperidine rings is 1. The molecule has 1 saturated heterocycles. The molecule has 0 spiro atoms. The van der Waals surface area contributed by atoms with E-state index in [0.717, 1.165) is 43.8 Å². The van der Waals surface area contributed by atoms with Gasteiger partial charge in [-0.3, -0.25) is 0 Å². The van der Waals surface area contributed by atoms with Gasteiger partial charge in [-0.1, -0.05) is 11.6 Å². The predicted molar refractivity (Wildman–Crippen MR) is 115 cm³/mol. The van der Waals surface area contributed by atoms with Crippen LogP contribution in [0.15, 0.2) is 30.5 Å². The fourth-order valence-corrected chi connectivity index (χ4v) is 5.06. The van der Waals surface area contributed by atoms with Crippen LogP contribution in [0.3, 0.4) is 0 Å². The lowest BCUT2D eigenvalue weighted by Gasteiger charge is -2.39. The van der Waals surface area contributed by atoms with Crippen molar-refractivity contribution in [2.24, 2.45) is 11.8 Å². The Morgan fingerprint density at radius 2 is 1.88 bits per heavy atom. The van der Waals surface area contributed by atoms with Gasteiger partial charge in [0.15, 0.2) is 11.4 Å². The summed E-state index contributed by atoms with van der Waals surface area (Å²) in [5.74, 6) is 0.241. The Hall–Kier alpha value is -2.89. The summed E-state index contributed by atoms with van der Waals surface area (Å²) in [6, 6.07) is 5.39. The summed E-state index contributed by atoms with van der Waals surface area (Å²) in [5, 5.41) is 7.63. The van der Waals surface area contributed by atoms with Crippen LogP contribution in [0.5, 0.6) is 5.75 Å². The summed E-state index contributed by atoms with van der Waals surface area (Å²) in [6.45, 7) is 0.509. The van der Waals surface area contributed by atoms with Gasteiger partial charge < -0.3 is 15.0 Å². The number of halogens is 6. The van der Waals surface area contributed by atoms with Crippen LogP contribution < -0.4 is 15.0 Å². The lowest BCUT2D eigenvalue weighted by Crippen LogP contribution is -2.48. The molecule has 34 heavy (non-hydrogen) atoms. The molecule has 0 radical (unpaired) electrons. The van der Waals surface area contributed by atoms with E-state index in [1.807, 2.05) is 6.07 Å². The van der Waals surface area contributed by atoms with Gasteiger partial charge in [-0.15, -0.1) is 5.10 Å². The summed E-state index contributed by atoms with van der Waals surface area (Å²) in [7, 11) is 0. The molecule has 1 aliphatic heterocycles. The molecule has 182 valence electrons. The SMILES string of the molecule is FC(F)COc1ccc(C(F)(F)F)n2nc(NC3C4CCC3CN(c3ccnc(Cl)c3)C4)nc12. The van der Waals surface area contributed by atoms with Crippen molar-refractivity contribution in [2.45, 2.75) is 31.5 Å². The minimum atomic E-state index is -4.71. The molecule has 0 amide bonds. The average molecular weight is 503 g/mol. The Morgan fingerprint density at radius 3 is 2.53 bits per heavy atom. The monoisotopic (exact) mass is 502 g/mol. The highest BCUT2D eigenvalue weighted by Crippen LogP contribution is 2.40. The second kappa shape index (κ2) is 8.71. The Labute approximate surface area is 195 Å². The van der Waals surface area contributed by atoms with E-state index >= 15 is 0 Å². The van der Waals surface area contributed by atoms with Crippen LogP contribution in [0.2, 0.25) is 5.15 Å². The van der Waals surface area contributed by atoms with E-state index in [4.69, 9.17) is 16.3 Å². The van der Waals surface area contributed by atoms with Crippen molar-refractivity contribution in [1.82, 2.24) is 19.6 Å². The number of fused-ring (bicyclic) bond motifs is 3. The molecule has 3 aromatic heterocycles. The first kappa shape index (κ1) is 22.9. The van der Waals surface area contributed by atoms with Crippen LogP contribution in [0.25, 0.3) is 5.65 Å². The first-order chi connectivity index (χ1) is 16.2. The third kappa shape index (κ3) is 4.42. The number of pyridine rings is 2. The summed E-state index contributed by atoms with van der Waals surface area (Å²) < 4.78 is 71.3. The molecular formula is C21H20ClF5N6O. The second-order valence-electron chi connectivity index (χ2n) is 8.46. The highest BCUT2D eigenvalue weighted by molar-refractivity contribution is 6.29. The number of alkyl halides is 5. The zero-order chi connectivity index (χ0) is 24.0. The average Bonchev–Trinajstić information content (AvgIpc) is 3.28. The molecular weight excluding hydrogens is 483 g/mol. The van der Waals surface area contributed by atoms with Crippen molar-refractivity contribution >= 4 is 28.9 Å². The normalized spacial score (nSPS) is 22.6. The fourth-order valence-electron chi connectivity index (χ4n) is 4.89. The van der Waals surface area contributed by atoms with Crippen molar-refractivity contribution < 1.29 is 26.7 Å². The van der Waals surface area contributed by atoms with Gasteiger partial charge in [0.1, 0.15) is 17.5 Å². The van der Waals surface area contributed by atoms with E-state index in [2.05, 4.69) is 25.3 Å². The summed E-state index contributed by atoms with van der Waals surface area (Å²) >= 11 is 6.02. The van der Waals surface area contributed by atoms with Gasteiger partial charge in [0.2, 0.25) is 5.95 Å². The van der Waals surface area contributed by atoms with Gasteiger partial charge in [-0.2, -0.15) is 18.2 Å². The molecule has 13 heteroatoms. The van der Waals surface area contributed by atoms with Gasteiger partial charge >= 0.3 is 6.18 Å². The first-order valence-electron chi connectivity index (χ1n) is 10.7. The van der Waals surface area contributed by atoms with Crippen molar-refractivity contribution in [3.8, 4) is 5.75 Å². The van der Waals surface area contributed by atoms with E-state index in [9.17, 15) is 22.0 Å². The Balaban J connectivity index is 1.40. The number of hydrogen-bond acceptors (Lipinski definition) is 6. The second-order valence-corrected chi connectivity index (χ2v) is 8.85. The summed E-state index contributed by atoms with van der Waals surface area (Å²) in [4.78, 5) is 10.4. The number of nitrogens with one attached hydrogen (secondary N) is 1. The topological polar surface area (TPSA) is 67.6 Å². The van der Waals surface area contributed by atoms with Crippen LogP contribution >= 0.6 is 11.6 Å². The molecule has 0 aromatic carbocycles. The standard InChI is InChI=1S/C21H20ClF5N6O/c22-16-7-13(5-6-28-16)32-8-11-1-2-12(9-32)18(11)29-20-30-19-14(34-10-17(23)24)3-4-15(21(25,26)27)33(19)31-20/h3-7,11-12,17-18H,1-2,8-10H2,(H,29,31). The van der Waals surface area contributed by atoms with Crippen LogP contribution in [0.1, 0.15) is 18.5 Å². The number of ether oxygens (including phenoxy) is 1. The molecule has 1 N–H and O–H groups in total. The first-order valence-corrected chi connectivity index (χ1v) is 11.1. The third-order valence-corrected chi connectivity index (χ3v) is 6.52. The number of aromatic nitrogens is 4. The maximum atomic E-state index is 13.5. The quantitative estimate of drug-likeness (QED) is 0.387. The molecule has 1 aliphatic carbocycles.